The van der Waals surface area contributed by atoms with E-state index in [0.717, 1.165) is 29.9 Å². The summed E-state index contributed by atoms with van der Waals surface area (Å²) in [6.07, 6.45) is 1.71. The van der Waals surface area contributed by atoms with Gasteiger partial charge in [0, 0.05) is 11.3 Å². The van der Waals surface area contributed by atoms with E-state index >= 15 is 0 Å². The van der Waals surface area contributed by atoms with Crippen molar-refractivity contribution in [1.82, 2.24) is 0 Å². The molecule has 102 valence electrons. The average molecular weight is 277 g/mol. The molecule has 0 radical (unpaired) electrons. The molecule has 0 aliphatic carbocycles. The van der Waals surface area contributed by atoms with Gasteiger partial charge < -0.3 is 15.2 Å². The van der Waals surface area contributed by atoms with Crippen LogP contribution in [0.25, 0.3) is 0 Å². The maximum absolute atomic E-state index is 5.91. The SMILES string of the molecule is COc1cccc(CCN)c1OCCc1cccs1. The van der Waals surface area contributed by atoms with Crippen LogP contribution in [-0.2, 0) is 12.8 Å². The van der Waals surface area contributed by atoms with E-state index in [0.29, 0.717) is 13.2 Å². The second-order valence-corrected chi connectivity index (χ2v) is 5.20. The summed E-state index contributed by atoms with van der Waals surface area (Å²) in [5.74, 6) is 1.60. The standard InChI is InChI=1S/C15H19NO2S/c1-17-14-6-2-4-12(7-9-16)15(14)18-10-8-13-5-3-11-19-13/h2-6,11H,7-10,16H2,1H3. The first-order valence-corrected chi connectivity index (χ1v) is 7.24. The third-order valence-electron chi connectivity index (χ3n) is 2.87. The first kappa shape index (κ1) is 13.9. The number of thiophene rings is 1. The average Bonchev–Trinajstić information content (AvgIpc) is 2.93. The monoisotopic (exact) mass is 277 g/mol. The van der Waals surface area contributed by atoms with Crippen molar-refractivity contribution in [2.45, 2.75) is 12.8 Å². The number of ether oxygens (including phenoxy) is 2. The van der Waals surface area contributed by atoms with Gasteiger partial charge in [-0.15, -0.1) is 11.3 Å². The van der Waals surface area contributed by atoms with Gasteiger partial charge in [-0.1, -0.05) is 18.2 Å². The fraction of sp³-hybridized carbons (Fsp3) is 0.333. The van der Waals surface area contributed by atoms with Crippen LogP contribution in [0, 0.1) is 0 Å². The van der Waals surface area contributed by atoms with Crippen LogP contribution in [0.4, 0.5) is 0 Å². The lowest BCUT2D eigenvalue weighted by atomic mass is 10.1. The van der Waals surface area contributed by atoms with Crippen molar-refractivity contribution in [3.8, 4) is 11.5 Å². The van der Waals surface area contributed by atoms with Crippen LogP contribution in [0.2, 0.25) is 0 Å². The lowest BCUT2D eigenvalue weighted by molar-refractivity contribution is 0.295. The summed E-state index contributed by atoms with van der Waals surface area (Å²) < 4.78 is 11.3. The number of rotatable bonds is 7. The normalized spacial score (nSPS) is 10.4. The Bertz CT molecular complexity index is 497. The summed E-state index contributed by atoms with van der Waals surface area (Å²) in [4.78, 5) is 1.33. The van der Waals surface area contributed by atoms with Gasteiger partial charge in [0.25, 0.3) is 0 Å². The molecular formula is C15H19NO2S. The lowest BCUT2D eigenvalue weighted by Gasteiger charge is -2.14. The number of hydrogen-bond donors (Lipinski definition) is 1. The number of benzene rings is 1. The van der Waals surface area contributed by atoms with Crippen LogP contribution >= 0.6 is 11.3 Å². The smallest absolute Gasteiger partial charge is 0.164 e. The molecule has 1 aromatic carbocycles. The molecule has 0 aliphatic rings. The Morgan fingerprint density at radius 3 is 2.74 bits per heavy atom. The lowest BCUT2D eigenvalue weighted by Crippen LogP contribution is -2.08. The molecule has 1 heterocycles. The van der Waals surface area contributed by atoms with Crippen LogP contribution in [0.1, 0.15) is 10.4 Å². The largest absolute Gasteiger partial charge is 0.493 e. The molecule has 19 heavy (non-hydrogen) atoms. The van der Waals surface area contributed by atoms with Gasteiger partial charge in [0.15, 0.2) is 11.5 Å². The zero-order valence-corrected chi connectivity index (χ0v) is 11.9. The van der Waals surface area contributed by atoms with Gasteiger partial charge in [-0.25, -0.2) is 0 Å². The van der Waals surface area contributed by atoms with Crippen LogP contribution in [0.3, 0.4) is 0 Å². The van der Waals surface area contributed by atoms with Crippen LogP contribution in [-0.4, -0.2) is 20.3 Å². The Morgan fingerprint density at radius 2 is 2.05 bits per heavy atom. The number of hydrogen-bond acceptors (Lipinski definition) is 4. The minimum Gasteiger partial charge on any atom is -0.493 e. The maximum atomic E-state index is 5.91. The summed E-state index contributed by atoms with van der Waals surface area (Å²) in [5, 5.41) is 2.08. The summed E-state index contributed by atoms with van der Waals surface area (Å²) in [7, 11) is 1.66. The van der Waals surface area contributed by atoms with Gasteiger partial charge in [0.1, 0.15) is 0 Å². The van der Waals surface area contributed by atoms with Gasteiger partial charge in [-0.3, -0.25) is 0 Å². The molecule has 0 aliphatic heterocycles. The van der Waals surface area contributed by atoms with Gasteiger partial charge in [0.05, 0.1) is 13.7 Å². The molecule has 2 rings (SSSR count). The Kier molecular flexibility index (Phi) is 5.24. The molecule has 4 heteroatoms. The van der Waals surface area contributed by atoms with Gasteiger partial charge in [-0.2, -0.15) is 0 Å². The molecule has 0 bridgehead atoms. The maximum Gasteiger partial charge on any atom is 0.164 e. The third-order valence-corrected chi connectivity index (χ3v) is 3.81. The topological polar surface area (TPSA) is 44.5 Å². The predicted octanol–water partition coefficient (Wildman–Crippen LogP) is 2.88. The fourth-order valence-corrected chi connectivity index (χ4v) is 2.64. The molecule has 0 amide bonds. The second kappa shape index (κ2) is 7.16. The minimum absolute atomic E-state index is 0.606. The zero-order valence-electron chi connectivity index (χ0n) is 11.1. The highest BCUT2D eigenvalue weighted by atomic mass is 32.1. The second-order valence-electron chi connectivity index (χ2n) is 4.17. The van der Waals surface area contributed by atoms with Crippen molar-refractivity contribution in [3.63, 3.8) is 0 Å². The van der Waals surface area contributed by atoms with Crippen molar-refractivity contribution in [2.75, 3.05) is 20.3 Å². The molecule has 0 atom stereocenters. The molecule has 0 unspecified atom stereocenters. The first-order valence-electron chi connectivity index (χ1n) is 6.36. The summed E-state index contributed by atoms with van der Waals surface area (Å²) in [6, 6.07) is 10.1. The predicted molar refractivity (Wildman–Crippen MR) is 79.3 cm³/mol. The Labute approximate surface area is 118 Å². The molecule has 3 nitrogen and oxygen atoms in total. The van der Waals surface area contributed by atoms with E-state index in [2.05, 4.69) is 17.5 Å². The van der Waals surface area contributed by atoms with Crippen molar-refractivity contribution in [3.05, 3.63) is 46.2 Å². The highest BCUT2D eigenvalue weighted by Gasteiger charge is 2.10. The van der Waals surface area contributed by atoms with E-state index in [-0.39, 0.29) is 0 Å². The van der Waals surface area contributed by atoms with Crippen LogP contribution in [0.15, 0.2) is 35.7 Å². The molecule has 0 fully saturated rings. The van der Waals surface area contributed by atoms with E-state index in [9.17, 15) is 0 Å². The summed E-state index contributed by atoms with van der Waals surface area (Å²) >= 11 is 1.75. The molecule has 2 N–H and O–H groups in total. The Morgan fingerprint density at radius 1 is 1.16 bits per heavy atom. The van der Waals surface area contributed by atoms with E-state index in [1.165, 1.54) is 4.88 Å². The van der Waals surface area contributed by atoms with Gasteiger partial charge >= 0.3 is 0 Å². The zero-order chi connectivity index (χ0) is 13.5. The number of methoxy groups -OCH3 is 1. The minimum atomic E-state index is 0.606. The molecule has 2 aromatic rings. The summed E-state index contributed by atoms with van der Waals surface area (Å²) in [6.45, 7) is 1.26. The Hall–Kier alpha value is -1.52. The van der Waals surface area contributed by atoms with E-state index in [1.54, 1.807) is 18.4 Å². The molecule has 0 spiro atoms. The van der Waals surface area contributed by atoms with Gasteiger partial charge in [0.2, 0.25) is 0 Å². The van der Waals surface area contributed by atoms with E-state index < -0.39 is 0 Å². The van der Waals surface area contributed by atoms with Crippen molar-refractivity contribution >= 4 is 11.3 Å². The van der Waals surface area contributed by atoms with E-state index in [1.807, 2.05) is 18.2 Å². The van der Waals surface area contributed by atoms with Crippen molar-refractivity contribution < 1.29 is 9.47 Å². The number of para-hydroxylation sites is 1. The Balaban J connectivity index is 2.04. The number of nitrogens with two attached hydrogens (primary N) is 1. The third kappa shape index (κ3) is 3.72. The van der Waals surface area contributed by atoms with Crippen molar-refractivity contribution in [1.29, 1.82) is 0 Å². The van der Waals surface area contributed by atoms with Crippen LogP contribution < -0.4 is 15.2 Å². The molecule has 0 saturated heterocycles. The highest BCUT2D eigenvalue weighted by Crippen LogP contribution is 2.31. The van der Waals surface area contributed by atoms with Crippen LogP contribution in [0.5, 0.6) is 11.5 Å². The molecular weight excluding hydrogens is 258 g/mol. The first-order chi connectivity index (χ1) is 9.35. The van der Waals surface area contributed by atoms with Gasteiger partial charge in [-0.05, 0) is 36.0 Å². The molecule has 0 saturated carbocycles. The molecule has 1 aromatic heterocycles. The quantitative estimate of drug-likeness (QED) is 0.846. The van der Waals surface area contributed by atoms with E-state index in [4.69, 9.17) is 15.2 Å². The van der Waals surface area contributed by atoms with Crippen molar-refractivity contribution in [2.24, 2.45) is 5.73 Å². The highest BCUT2D eigenvalue weighted by molar-refractivity contribution is 7.09. The fourth-order valence-electron chi connectivity index (χ4n) is 1.95. The summed E-state index contributed by atoms with van der Waals surface area (Å²) in [5.41, 5.74) is 6.74.